The van der Waals surface area contributed by atoms with E-state index in [0.29, 0.717) is 12.1 Å². The molecule has 1 aromatic heterocycles. The molecule has 0 radical (unpaired) electrons. The van der Waals surface area contributed by atoms with Gasteiger partial charge in [0.2, 0.25) is 0 Å². The molecule has 2 rings (SSSR count). The van der Waals surface area contributed by atoms with E-state index in [2.05, 4.69) is 20.0 Å². The lowest BCUT2D eigenvalue weighted by Crippen LogP contribution is -2.20. The molecular formula is C14H15F2N3O. The zero-order valence-corrected chi connectivity index (χ0v) is 11.0. The van der Waals surface area contributed by atoms with E-state index < -0.39 is 6.61 Å². The zero-order chi connectivity index (χ0) is 14.4. The third kappa shape index (κ3) is 3.96. The maximum atomic E-state index is 12.4. The Bertz CT molecular complexity index is 537. The Morgan fingerprint density at radius 3 is 2.75 bits per heavy atom. The molecule has 1 aromatic carbocycles. The molecule has 1 unspecified atom stereocenters. The number of nitrogens with one attached hydrogen (secondary N) is 1. The minimum Gasteiger partial charge on any atom is -0.434 e. The highest BCUT2D eigenvalue weighted by Crippen LogP contribution is 2.26. The topological polar surface area (TPSA) is 47.0 Å². The first kappa shape index (κ1) is 14.3. The minimum atomic E-state index is -2.83. The van der Waals surface area contributed by atoms with Gasteiger partial charge < -0.3 is 10.1 Å². The van der Waals surface area contributed by atoms with Crippen LogP contribution in [0.5, 0.6) is 5.75 Å². The van der Waals surface area contributed by atoms with Crippen molar-refractivity contribution in [3.63, 3.8) is 0 Å². The number of aromatic nitrogens is 2. The van der Waals surface area contributed by atoms with Gasteiger partial charge in [-0.15, -0.1) is 0 Å². The van der Waals surface area contributed by atoms with Crippen LogP contribution in [0.1, 0.15) is 24.2 Å². The van der Waals surface area contributed by atoms with Crippen molar-refractivity contribution in [2.24, 2.45) is 0 Å². The van der Waals surface area contributed by atoms with Gasteiger partial charge in [-0.3, -0.25) is 9.97 Å². The van der Waals surface area contributed by atoms with Crippen molar-refractivity contribution in [1.29, 1.82) is 0 Å². The molecule has 20 heavy (non-hydrogen) atoms. The van der Waals surface area contributed by atoms with Crippen LogP contribution in [-0.2, 0) is 6.54 Å². The van der Waals surface area contributed by atoms with Gasteiger partial charge in [0, 0.05) is 36.7 Å². The molecule has 106 valence electrons. The number of halogens is 2. The number of ether oxygens (including phenoxy) is 1. The van der Waals surface area contributed by atoms with Crippen LogP contribution < -0.4 is 10.1 Å². The van der Waals surface area contributed by atoms with Gasteiger partial charge in [-0.2, -0.15) is 8.78 Å². The molecule has 0 amide bonds. The van der Waals surface area contributed by atoms with Crippen LogP contribution in [0.15, 0.2) is 42.9 Å². The Balaban J connectivity index is 2.03. The summed E-state index contributed by atoms with van der Waals surface area (Å²) in [5.74, 6) is 0.182. The fourth-order valence-corrected chi connectivity index (χ4v) is 1.83. The monoisotopic (exact) mass is 279 g/mol. The van der Waals surface area contributed by atoms with Crippen LogP contribution in [0, 0.1) is 0 Å². The molecule has 0 fully saturated rings. The second kappa shape index (κ2) is 6.91. The van der Waals surface area contributed by atoms with Crippen molar-refractivity contribution in [2.75, 3.05) is 0 Å². The Morgan fingerprint density at radius 2 is 2.05 bits per heavy atom. The van der Waals surface area contributed by atoms with E-state index in [1.165, 1.54) is 6.07 Å². The third-order valence-corrected chi connectivity index (χ3v) is 2.81. The second-order valence-corrected chi connectivity index (χ2v) is 4.22. The van der Waals surface area contributed by atoms with Crippen molar-refractivity contribution in [3.8, 4) is 5.75 Å². The molecule has 1 heterocycles. The van der Waals surface area contributed by atoms with E-state index >= 15 is 0 Å². The van der Waals surface area contributed by atoms with Crippen LogP contribution >= 0.6 is 0 Å². The van der Waals surface area contributed by atoms with Gasteiger partial charge in [0.1, 0.15) is 5.75 Å². The quantitative estimate of drug-likeness (QED) is 0.883. The fourth-order valence-electron chi connectivity index (χ4n) is 1.83. The zero-order valence-electron chi connectivity index (χ0n) is 11.0. The first-order valence-corrected chi connectivity index (χ1v) is 6.19. The third-order valence-electron chi connectivity index (χ3n) is 2.81. The molecule has 0 spiro atoms. The predicted octanol–water partition coefficient (Wildman–Crippen LogP) is 2.93. The van der Waals surface area contributed by atoms with Gasteiger partial charge in [-0.1, -0.05) is 18.2 Å². The van der Waals surface area contributed by atoms with E-state index in [4.69, 9.17) is 0 Å². The predicted molar refractivity (Wildman–Crippen MR) is 70.4 cm³/mol. The van der Waals surface area contributed by atoms with Crippen LogP contribution in [0.4, 0.5) is 8.78 Å². The molecule has 4 nitrogen and oxygen atoms in total. The number of para-hydroxylation sites is 1. The highest BCUT2D eigenvalue weighted by molar-refractivity contribution is 5.35. The van der Waals surface area contributed by atoms with Gasteiger partial charge in [0.15, 0.2) is 0 Å². The van der Waals surface area contributed by atoms with Crippen molar-refractivity contribution in [1.82, 2.24) is 15.3 Å². The number of hydrogen-bond donors (Lipinski definition) is 1. The summed E-state index contributed by atoms with van der Waals surface area (Å²) in [7, 11) is 0. The van der Waals surface area contributed by atoms with E-state index in [9.17, 15) is 8.78 Å². The van der Waals surface area contributed by atoms with Crippen molar-refractivity contribution >= 4 is 0 Å². The Kier molecular flexibility index (Phi) is 4.95. The highest BCUT2D eigenvalue weighted by atomic mass is 19.3. The van der Waals surface area contributed by atoms with Crippen LogP contribution in [0.25, 0.3) is 0 Å². The molecule has 6 heteroatoms. The van der Waals surface area contributed by atoms with Crippen molar-refractivity contribution < 1.29 is 13.5 Å². The van der Waals surface area contributed by atoms with Crippen molar-refractivity contribution in [3.05, 3.63) is 54.1 Å². The SMILES string of the molecule is CC(NCc1cnccn1)c1ccccc1OC(F)F. The average molecular weight is 279 g/mol. The lowest BCUT2D eigenvalue weighted by atomic mass is 10.1. The summed E-state index contributed by atoms with van der Waals surface area (Å²) in [6.45, 7) is -0.453. The maximum Gasteiger partial charge on any atom is 0.387 e. The standard InChI is InChI=1S/C14H15F2N3O/c1-10(19-9-11-8-17-6-7-18-11)12-4-2-3-5-13(12)20-14(15)16/h2-8,10,14,19H,9H2,1H3. The summed E-state index contributed by atoms with van der Waals surface area (Å²) in [6.07, 6.45) is 4.86. The largest absolute Gasteiger partial charge is 0.434 e. The number of nitrogens with zero attached hydrogens (tertiary/aromatic N) is 2. The van der Waals surface area contributed by atoms with Gasteiger partial charge in [-0.25, -0.2) is 0 Å². The molecule has 0 aliphatic heterocycles. The first-order valence-electron chi connectivity index (χ1n) is 6.19. The summed E-state index contributed by atoms with van der Waals surface area (Å²) in [4.78, 5) is 8.10. The molecule has 0 saturated heterocycles. The summed E-state index contributed by atoms with van der Waals surface area (Å²) in [6, 6.07) is 6.59. The molecule has 2 aromatic rings. The van der Waals surface area contributed by atoms with Crippen LogP contribution in [0.2, 0.25) is 0 Å². The molecule has 1 atom stereocenters. The van der Waals surface area contributed by atoms with Gasteiger partial charge in [0.05, 0.1) is 5.69 Å². The minimum absolute atomic E-state index is 0.146. The lowest BCUT2D eigenvalue weighted by molar-refractivity contribution is -0.0506. The Morgan fingerprint density at radius 1 is 1.25 bits per heavy atom. The fraction of sp³-hybridized carbons (Fsp3) is 0.286. The molecule has 0 saturated carbocycles. The molecular weight excluding hydrogens is 264 g/mol. The summed E-state index contributed by atoms with van der Waals surface area (Å²) in [5.41, 5.74) is 1.46. The normalized spacial score (nSPS) is 12.4. The lowest BCUT2D eigenvalue weighted by Gasteiger charge is -2.17. The number of rotatable bonds is 6. The number of hydrogen-bond acceptors (Lipinski definition) is 4. The molecule has 0 aliphatic carbocycles. The average Bonchev–Trinajstić information content (AvgIpc) is 2.46. The second-order valence-electron chi connectivity index (χ2n) is 4.22. The molecule has 0 aliphatic rings. The number of alkyl halides is 2. The summed E-state index contributed by atoms with van der Waals surface area (Å²) in [5, 5.41) is 3.20. The van der Waals surface area contributed by atoms with Crippen LogP contribution in [0.3, 0.4) is 0 Å². The van der Waals surface area contributed by atoms with E-state index in [1.807, 2.05) is 6.92 Å². The Hall–Kier alpha value is -2.08. The molecule has 0 bridgehead atoms. The van der Waals surface area contributed by atoms with Crippen molar-refractivity contribution in [2.45, 2.75) is 26.1 Å². The summed E-state index contributed by atoms with van der Waals surface area (Å²) < 4.78 is 29.2. The van der Waals surface area contributed by atoms with E-state index in [1.54, 1.807) is 36.8 Å². The number of benzene rings is 1. The first-order chi connectivity index (χ1) is 9.66. The highest BCUT2D eigenvalue weighted by Gasteiger charge is 2.14. The Labute approximate surface area is 115 Å². The van der Waals surface area contributed by atoms with Crippen LogP contribution in [-0.4, -0.2) is 16.6 Å². The van der Waals surface area contributed by atoms with Gasteiger partial charge in [0.25, 0.3) is 0 Å². The maximum absolute atomic E-state index is 12.4. The van der Waals surface area contributed by atoms with E-state index in [-0.39, 0.29) is 11.8 Å². The summed E-state index contributed by atoms with van der Waals surface area (Å²) >= 11 is 0. The van der Waals surface area contributed by atoms with E-state index in [0.717, 1.165) is 5.69 Å². The smallest absolute Gasteiger partial charge is 0.387 e. The van der Waals surface area contributed by atoms with Gasteiger partial charge in [-0.05, 0) is 13.0 Å². The van der Waals surface area contributed by atoms with Gasteiger partial charge >= 0.3 is 6.61 Å². The molecule has 1 N–H and O–H groups in total.